The number of para-hydroxylation sites is 1. The van der Waals surface area contributed by atoms with Crippen LogP contribution in [0.5, 0.6) is 5.75 Å². The number of hydrogen-bond donors (Lipinski definition) is 0. The summed E-state index contributed by atoms with van der Waals surface area (Å²) in [7, 11) is 0. The third kappa shape index (κ3) is 3.47. The minimum Gasteiger partial charge on any atom is -0.487 e. The topological polar surface area (TPSA) is 9.23 Å². The van der Waals surface area contributed by atoms with Crippen LogP contribution in [-0.4, -0.2) is 6.10 Å². The van der Waals surface area contributed by atoms with Crippen molar-refractivity contribution in [2.24, 2.45) is 11.3 Å². The first-order valence-electron chi connectivity index (χ1n) is 6.81. The molecule has 0 radical (unpaired) electrons. The van der Waals surface area contributed by atoms with E-state index in [1.165, 1.54) is 18.9 Å². The van der Waals surface area contributed by atoms with E-state index in [-0.39, 0.29) is 17.3 Å². The molecule has 1 aliphatic rings. The molecule has 1 fully saturated rings. The van der Waals surface area contributed by atoms with Gasteiger partial charge in [0.1, 0.15) is 0 Å². The summed E-state index contributed by atoms with van der Waals surface area (Å²) in [6, 6.07) is 5.23. The molecular weight excluding hydrogens is 227 g/mol. The molecule has 0 N–H and O–H groups in total. The monoisotopic (exact) mass is 250 g/mol. The van der Waals surface area contributed by atoms with Gasteiger partial charge >= 0.3 is 0 Å². The van der Waals surface area contributed by atoms with Crippen molar-refractivity contribution < 1.29 is 9.13 Å². The zero-order valence-electron chi connectivity index (χ0n) is 11.8. The molecule has 0 bridgehead atoms. The van der Waals surface area contributed by atoms with E-state index in [1.54, 1.807) is 6.07 Å². The highest BCUT2D eigenvalue weighted by atomic mass is 19.1. The first kappa shape index (κ1) is 13.4. The molecule has 0 spiro atoms. The fraction of sp³-hybridized carbons (Fsp3) is 0.625. The Morgan fingerprint density at radius 3 is 2.56 bits per heavy atom. The molecule has 1 aliphatic carbocycles. The van der Waals surface area contributed by atoms with Crippen LogP contribution in [0.15, 0.2) is 18.2 Å². The Morgan fingerprint density at radius 2 is 2.00 bits per heavy atom. The Labute approximate surface area is 109 Å². The molecule has 0 heterocycles. The van der Waals surface area contributed by atoms with Gasteiger partial charge in [-0.3, -0.25) is 0 Å². The second-order valence-corrected chi connectivity index (χ2v) is 6.63. The van der Waals surface area contributed by atoms with Crippen molar-refractivity contribution in [1.82, 2.24) is 0 Å². The molecule has 0 amide bonds. The van der Waals surface area contributed by atoms with E-state index in [2.05, 4.69) is 20.8 Å². The molecule has 0 saturated heterocycles. The molecule has 1 aromatic rings. The molecule has 1 nitrogen and oxygen atoms in total. The summed E-state index contributed by atoms with van der Waals surface area (Å²) in [5.74, 6) is 0.850. The standard InChI is InChI=1S/C16H23FO/c1-11(12-8-9-12)18-15-13(10-16(2,3)4)6-5-7-14(15)17/h5-7,11-12H,8-10H2,1-4H3. The van der Waals surface area contributed by atoms with E-state index in [9.17, 15) is 4.39 Å². The maximum atomic E-state index is 13.9. The largest absolute Gasteiger partial charge is 0.487 e. The summed E-state index contributed by atoms with van der Waals surface area (Å²) in [4.78, 5) is 0. The molecular formula is C16H23FO. The van der Waals surface area contributed by atoms with Gasteiger partial charge in [0.05, 0.1) is 6.10 Å². The lowest BCUT2D eigenvalue weighted by atomic mass is 9.88. The number of rotatable bonds is 4. The van der Waals surface area contributed by atoms with Crippen molar-refractivity contribution >= 4 is 0 Å². The summed E-state index contributed by atoms with van der Waals surface area (Å²) in [6.45, 7) is 8.52. The van der Waals surface area contributed by atoms with Crippen LogP contribution in [0, 0.1) is 17.2 Å². The van der Waals surface area contributed by atoms with Crippen LogP contribution in [0.2, 0.25) is 0 Å². The van der Waals surface area contributed by atoms with E-state index in [0.29, 0.717) is 11.7 Å². The fourth-order valence-electron chi connectivity index (χ4n) is 2.24. The van der Waals surface area contributed by atoms with Crippen molar-refractivity contribution in [2.45, 2.75) is 53.1 Å². The van der Waals surface area contributed by atoms with Gasteiger partial charge in [-0.25, -0.2) is 4.39 Å². The lowest BCUT2D eigenvalue weighted by Crippen LogP contribution is -2.18. The molecule has 1 saturated carbocycles. The number of halogens is 1. The summed E-state index contributed by atoms with van der Waals surface area (Å²) in [6.07, 6.45) is 3.38. The normalized spacial score (nSPS) is 17.6. The number of ether oxygens (including phenoxy) is 1. The van der Waals surface area contributed by atoms with E-state index >= 15 is 0 Å². The van der Waals surface area contributed by atoms with Gasteiger partial charge in [-0.2, -0.15) is 0 Å². The molecule has 18 heavy (non-hydrogen) atoms. The lowest BCUT2D eigenvalue weighted by molar-refractivity contribution is 0.186. The minimum atomic E-state index is -0.232. The third-order valence-corrected chi connectivity index (χ3v) is 3.36. The fourth-order valence-corrected chi connectivity index (χ4v) is 2.24. The van der Waals surface area contributed by atoms with Gasteiger partial charge in [0, 0.05) is 0 Å². The smallest absolute Gasteiger partial charge is 0.165 e. The second-order valence-electron chi connectivity index (χ2n) is 6.63. The number of hydrogen-bond acceptors (Lipinski definition) is 1. The predicted molar refractivity (Wildman–Crippen MR) is 72.4 cm³/mol. The summed E-state index contributed by atoms with van der Waals surface area (Å²) in [5, 5.41) is 0. The van der Waals surface area contributed by atoms with Crippen LogP contribution in [0.3, 0.4) is 0 Å². The number of benzene rings is 1. The average molecular weight is 250 g/mol. The molecule has 0 aromatic heterocycles. The van der Waals surface area contributed by atoms with Gasteiger partial charge in [-0.1, -0.05) is 32.9 Å². The predicted octanol–water partition coefficient (Wildman–Crippen LogP) is 4.59. The van der Waals surface area contributed by atoms with E-state index in [1.807, 2.05) is 13.0 Å². The highest BCUT2D eigenvalue weighted by Gasteiger charge is 2.30. The lowest BCUT2D eigenvalue weighted by Gasteiger charge is -2.22. The Bertz CT molecular complexity index is 416. The van der Waals surface area contributed by atoms with Crippen LogP contribution in [0.4, 0.5) is 4.39 Å². The second kappa shape index (κ2) is 4.91. The van der Waals surface area contributed by atoms with Crippen LogP contribution in [-0.2, 0) is 6.42 Å². The first-order valence-corrected chi connectivity index (χ1v) is 6.81. The Morgan fingerprint density at radius 1 is 1.33 bits per heavy atom. The maximum absolute atomic E-state index is 13.9. The Balaban J connectivity index is 2.20. The molecule has 0 aliphatic heterocycles. The quantitative estimate of drug-likeness (QED) is 0.759. The van der Waals surface area contributed by atoms with Crippen molar-refractivity contribution in [1.29, 1.82) is 0 Å². The van der Waals surface area contributed by atoms with E-state index < -0.39 is 0 Å². The van der Waals surface area contributed by atoms with Gasteiger partial charge in [0.2, 0.25) is 0 Å². The average Bonchev–Trinajstić information content (AvgIpc) is 3.04. The van der Waals surface area contributed by atoms with Crippen LogP contribution in [0.25, 0.3) is 0 Å². The third-order valence-electron chi connectivity index (χ3n) is 3.36. The molecule has 2 heteroatoms. The summed E-state index contributed by atoms with van der Waals surface area (Å²) < 4.78 is 19.8. The van der Waals surface area contributed by atoms with E-state index in [0.717, 1.165) is 12.0 Å². The first-order chi connectivity index (χ1) is 8.37. The van der Waals surface area contributed by atoms with Gasteiger partial charge in [-0.05, 0) is 49.1 Å². The van der Waals surface area contributed by atoms with Crippen LogP contribution >= 0.6 is 0 Å². The van der Waals surface area contributed by atoms with Gasteiger partial charge in [0.25, 0.3) is 0 Å². The van der Waals surface area contributed by atoms with Crippen LogP contribution < -0.4 is 4.74 Å². The zero-order chi connectivity index (χ0) is 13.3. The SMILES string of the molecule is CC(Oc1c(F)cccc1CC(C)(C)C)C1CC1. The molecule has 2 rings (SSSR count). The van der Waals surface area contributed by atoms with Gasteiger partial charge in [-0.15, -0.1) is 0 Å². The Hall–Kier alpha value is -1.05. The molecule has 100 valence electrons. The molecule has 1 atom stereocenters. The van der Waals surface area contributed by atoms with Crippen molar-refractivity contribution in [2.75, 3.05) is 0 Å². The zero-order valence-corrected chi connectivity index (χ0v) is 11.8. The summed E-state index contributed by atoms with van der Waals surface area (Å²) in [5.41, 5.74) is 1.12. The highest BCUT2D eigenvalue weighted by Crippen LogP contribution is 2.37. The Kier molecular flexibility index (Phi) is 3.65. The van der Waals surface area contributed by atoms with Crippen molar-refractivity contribution in [3.8, 4) is 5.75 Å². The maximum Gasteiger partial charge on any atom is 0.165 e. The van der Waals surface area contributed by atoms with Gasteiger partial charge in [0.15, 0.2) is 11.6 Å². The molecule has 1 unspecified atom stereocenters. The van der Waals surface area contributed by atoms with Crippen molar-refractivity contribution in [3.05, 3.63) is 29.6 Å². The van der Waals surface area contributed by atoms with Crippen LogP contribution in [0.1, 0.15) is 46.1 Å². The minimum absolute atomic E-state index is 0.126. The highest BCUT2D eigenvalue weighted by molar-refractivity contribution is 5.36. The van der Waals surface area contributed by atoms with Crippen molar-refractivity contribution in [3.63, 3.8) is 0 Å². The van der Waals surface area contributed by atoms with Gasteiger partial charge < -0.3 is 4.74 Å². The molecule has 1 aromatic carbocycles. The van der Waals surface area contributed by atoms with E-state index in [4.69, 9.17) is 4.74 Å². The summed E-state index contributed by atoms with van der Waals surface area (Å²) >= 11 is 0.